The Hall–Kier alpha value is -3.33. The smallest absolute Gasteiger partial charge is 0.333 e. The second-order valence-corrected chi connectivity index (χ2v) is 4.23. The minimum absolute atomic E-state index is 0.0145. The summed E-state index contributed by atoms with van der Waals surface area (Å²) in [6.45, 7) is 6.94. The molecule has 0 aliphatic carbocycles. The summed E-state index contributed by atoms with van der Waals surface area (Å²) in [5, 5.41) is 8.74. The fourth-order valence-corrected chi connectivity index (χ4v) is 1.61. The topological polar surface area (TPSA) is 81.1 Å². The van der Waals surface area contributed by atoms with Crippen molar-refractivity contribution in [1.82, 2.24) is 0 Å². The van der Waals surface area contributed by atoms with Crippen molar-refractivity contribution in [3.63, 3.8) is 0 Å². The highest BCUT2D eigenvalue weighted by Gasteiger charge is 2.09. The van der Waals surface area contributed by atoms with E-state index in [2.05, 4.69) is 4.85 Å². The molecule has 0 bridgehead atoms. The maximum absolute atomic E-state index is 11.9. The molecule has 1 N–H and O–H groups in total. The summed E-state index contributed by atoms with van der Waals surface area (Å²) in [5.41, 5.74) is -0.101. The molecule has 0 atom stereocenters. The summed E-state index contributed by atoms with van der Waals surface area (Å²) in [6.07, 6.45) is 2.08. The summed E-state index contributed by atoms with van der Waals surface area (Å²) in [5.74, 6) is -1.40. The van der Waals surface area contributed by atoms with Crippen molar-refractivity contribution in [2.45, 2.75) is 6.61 Å². The lowest BCUT2D eigenvalue weighted by molar-refractivity contribution is -0.132. The Balaban J connectivity index is 2.15. The van der Waals surface area contributed by atoms with Crippen molar-refractivity contribution in [2.24, 2.45) is 0 Å². The van der Waals surface area contributed by atoms with Gasteiger partial charge < -0.3 is 14.3 Å². The number of ether oxygens (including phenoxy) is 1. The van der Waals surface area contributed by atoms with Crippen LogP contribution in [0.3, 0.4) is 0 Å². The van der Waals surface area contributed by atoms with E-state index < -0.39 is 17.1 Å². The second kappa shape index (κ2) is 6.90. The van der Waals surface area contributed by atoms with E-state index in [9.17, 15) is 9.59 Å². The van der Waals surface area contributed by atoms with Gasteiger partial charge in [-0.3, -0.25) is 9.59 Å². The van der Waals surface area contributed by atoms with E-state index in [1.165, 1.54) is 0 Å². The van der Waals surface area contributed by atoms with Gasteiger partial charge in [-0.2, -0.15) is 0 Å². The van der Waals surface area contributed by atoms with Gasteiger partial charge in [-0.1, -0.05) is 30.3 Å². The molecular formula is C16H11NO5. The van der Waals surface area contributed by atoms with E-state index in [-0.39, 0.29) is 18.1 Å². The zero-order valence-corrected chi connectivity index (χ0v) is 11.4. The molecule has 0 aliphatic rings. The molecule has 110 valence electrons. The first kappa shape index (κ1) is 15.1. The van der Waals surface area contributed by atoms with Gasteiger partial charge in [0, 0.05) is 6.07 Å². The van der Waals surface area contributed by atoms with Crippen molar-refractivity contribution in [3.8, 4) is 5.75 Å². The van der Waals surface area contributed by atoms with Crippen LogP contribution in [0, 0.1) is 6.57 Å². The Labute approximate surface area is 125 Å². The van der Waals surface area contributed by atoms with Crippen LogP contribution < -0.4 is 10.2 Å². The number of carbonyl (C=O) groups is 1. The third-order valence-electron chi connectivity index (χ3n) is 2.67. The average molecular weight is 297 g/mol. The van der Waals surface area contributed by atoms with Crippen LogP contribution in [0.5, 0.6) is 5.75 Å². The molecule has 0 fully saturated rings. The van der Waals surface area contributed by atoms with Crippen molar-refractivity contribution in [2.75, 3.05) is 0 Å². The molecule has 22 heavy (non-hydrogen) atoms. The molecule has 0 aliphatic heterocycles. The molecule has 2 rings (SSSR count). The molecular weight excluding hydrogens is 286 g/mol. The zero-order chi connectivity index (χ0) is 15.9. The van der Waals surface area contributed by atoms with Crippen LogP contribution in [0.2, 0.25) is 0 Å². The van der Waals surface area contributed by atoms with Crippen molar-refractivity contribution in [3.05, 3.63) is 81.3 Å². The molecule has 6 heteroatoms. The lowest BCUT2D eigenvalue weighted by Gasteiger charge is -2.05. The van der Waals surface area contributed by atoms with Crippen LogP contribution in [0.1, 0.15) is 11.3 Å². The van der Waals surface area contributed by atoms with Crippen LogP contribution in [-0.2, 0) is 11.4 Å². The molecule has 0 spiro atoms. The first-order valence-corrected chi connectivity index (χ1v) is 6.22. The fourth-order valence-electron chi connectivity index (χ4n) is 1.61. The molecule has 0 unspecified atom stereocenters. The predicted molar refractivity (Wildman–Crippen MR) is 78.0 cm³/mol. The lowest BCUT2D eigenvalue weighted by atomic mass is 10.2. The van der Waals surface area contributed by atoms with Gasteiger partial charge in [0.1, 0.15) is 18.6 Å². The number of benzene rings is 1. The van der Waals surface area contributed by atoms with Gasteiger partial charge in [0.2, 0.25) is 11.2 Å². The number of nitrogens with zero attached hydrogens (tertiary/aromatic N) is 1. The molecule has 0 saturated carbocycles. The molecule has 0 saturated heterocycles. The summed E-state index contributed by atoms with van der Waals surface area (Å²) in [4.78, 5) is 25.4. The van der Waals surface area contributed by atoms with Gasteiger partial charge in [0.15, 0.2) is 0 Å². The number of aliphatic carboxylic acids is 1. The zero-order valence-electron chi connectivity index (χ0n) is 11.4. The second-order valence-electron chi connectivity index (χ2n) is 4.23. The normalized spacial score (nSPS) is 10.8. The molecule has 1 aromatic carbocycles. The first-order chi connectivity index (χ1) is 10.6. The molecule has 0 amide bonds. The first-order valence-electron chi connectivity index (χ1n) is 6.22. The van der Waals surface area contributed by atoms with Crippen LogP contribution >= 0.6 is 0 Å². The van der Waals surface area contributed by atoms with E-state index in [0.29, 0.717) is 0 Å². The number of rotatable bonds is 5. The van der Waals surface area contributed by atoms with E-state index in [1.807, 2.05) is 30.3 Å². The highest BCUT2D eigenvalue weighted by molar-refractivity contribution is 5.93. The molecule has 0 radical (unpaired) electrons. The molecule has 2 aromatic rings. The minimum Gasteiger partial charge on any atom is -0.486 e. The fraction of sp³-hybridized carbons (Fsp3) is 0.0625. The predicted octanol–water partition coefficient (Wildman–Crippen LogP) is 2.56. The highest BCUT2D eigenvalue weighted by Crippen LogP contribution is 2.12. The molecule has 1 aromatic heterocycles. The highest BCUT2D eigenvalue weighted by atomic mass is 16.5. The Bertz CT molecular complexity index is 799. The van der Waals surface area contributed by atoms with Crippen molar-refractivity contribution < 1.29 is 19.1 Å². The standard InChI is InChI=1S/C16H11NO5/c1-17-13(16(19)20)7-12-8-14(18)15(10-21-12)22-9-11-5-3-2-4-6-11/h2-8,10H,9H2,(H,19,20)/b13-7-. The van der Waals surface area contributed by atoms with Crippen molar-refractivity contribution in [1.29, 1.82) is 0 Å². The summed E-state index contributed by atoms with van der Waals surface area (Å²) in [7, 11) is 0. The Morgan fingerprint density at radius 3 is 2.68 bits per heavy atom. The van der Waals surface area contributed by atoms with Crippen molar-refractivity contribution >= 4 is 12.0 Å². The Kier molecular flexibility index (Phi) is 4.73. The van der Waals surface area contributed by atoms with Crippen LogP contribution in [0.4, 0.5) is 0 Å². The minimum atomic E-state index is -1.39. The lowest BCUT2D eigenvalue weighted by Crippen LogP contribution is -2.07. The van der Waals surface area contributed by atoms with Gasteiger partial charge in [-0.15, -0.1) is 0 Å². The maximum Gasteiger partial charge on any atom is 0.333 e. The van der Waals surface area contributed by atoms with Gasteiger partial charge in [0.25, 0.3) is 5.70 Å². The molecule has 6 nitrogen and oxygen atoms in total. The maximum atomic E-state index is 11.9. The van der Waals surface area contributed by atoms with Crippen LogP contribution in [-0.4, -0.2) is 11.1 Å². The summed E-state index contributed by atoms with van der Waals surface area (Å²) >= 11 is 0. The number of hydrogen-bond donors (Lipinski definition) is 1. The Morgan fingerprint density at radius 2 is 2.09 bits per heavy atom. The third-order valence-corrected chi connectivity index (χ3v) is 2.67. The van der Waals surface area contributed by atoms with E-state index >= 15 is 0 Å². The summed E-state index contributed by atoms with van der Waals surface area (Å²) in [6, 6.07) is 10.4. The molecule has 1 heterocycles. The third kappa shape index (κ3) is 3.84. The largest absolute Gasteiger partial charge is 0.486 e. The van der Waals surface area contributed by atoms with Gasteiger partial charge in [-0.05, 0) is 11.6 Å². The quantitative estimate of drug-likeness (QED) is 0.677. The van der Waals surface area contributed by atoms with Crippen LogP contribution in [0.15, 0.2) is 57.6 Å². The van der Waals surface area contributed by atoms with Gasteiger partial charge >= 0.3 is 5.97 Å². The van der Waals surface area contributed by atoms with Gasteiger partial charge in [-0.25, -0.2) is 4.85 Å². The van der Waals surface area contributed by atoms with E-state index in [1.54, 1.807) is 0 Å². The van der Waals surface area contributed by atoms with E-state index in [4.69, 9.17) is 20.8 Å². The number of carboxylic acids is 1. The van der Waals surface area contributed by atoms with E-state index in [0.717, 1.165) is 24.0 Å². The number of hydrogen-bond acceptors (Lipinski definition) is 4. The Morgan fingerprint density at radius 1 is 1.36 bits per heavy atom. The SMILES string of the molecule is [C-]#[N+]/C(=C\c1cc(=O)c(OCc2ccccc2)co1)C(=O)O. The van der Waals surface area contributed by atoms with Gasteiger partial charge in [0.05, 0.1) is 6.57 Å². The average Bonchev–Trinajstić information content (AvgIpc) is 2.52. The van der Waals surface area contributed by atoms with Crippen LogP contribution in [0.25, 0.3) is 10.9 Å². The summed E-state index contributed by atoms with van der Waals surface area (Å²) < 4.78 is 10.5. The number of carboxylic acid groups (broad SMARTS) is 1. The monoisotopic (exact) mass is 297 g/mol.